The van der Waals surface area contributed by atoms with Gasteiger partial charge in [-0.25, -0.2) is 4.21 Å². The van der Waals surface area contributed by atoms with E-state index in [1.807, 2.05) is 91.0 Å². The molecule has 2 unspecified atom stereocenters. The summed E-state index contributed by atoms with van der Waals surface area (Å²) >= 11 is -2.83. The molecule has 0 bridgehead atoms. The molecule has 0 aromatic heterocycles. The molecule has 190 valence electrons. The lowest BCUT2D eigenvalue weighted by Crippen LogP contribution is -2.63. The summed E-state index contributed by atoms with van der Waals surface area (Å²) in [6.07, 6.45) is -4.64. The lowest BCUT2D eigenvalue weighted by atomic mass is 9.97. The average Bonchev–Trinajstić information content (AvgIpc) is 2.92. The Bertz CT molecular complexity index is 1100. The summed E-state index contributed by atoms with van der Waals surface area (Å²) in [4.78, 5) is 0. The minimum absolute atomic E-state index is 0.173. The maximum absolute atomic E-state index is 11.5. The molecule has 0 aliphatic carbocycles. The predicted octanol–water partition coefficient (Wildman–Crippen LogP) is 3.81. The maximum atomic E-state index is 11.5. The van der Waals surface area contributed by atoms with Crippen LogP contribution >= 0.6 is 0 Å². The van der Waals surface area contributed by atoms with Gasteiger partial charge in [0.15, 0.2) is 6.29 Å². The van der Waals surface area contributed by atoms with E-state index in [4.69, 9.17) is 27.9 Å². The summed E-state index contributed by atoms with van der Waals surface area (Å²) in [6.45, 7) is 0.654. The Morgan fingerprint density at radius 2 is 1.33 bits per heavy atom. The Hall–Kier alpha value is -2.47. The van der Waals surface area contributed by atoms with Gasteiger partial charge in [-0.2, -0.15) is 0 Å². The molecule has 3 aromatic rings. The lowest BCUT2D eigenvalue weighted by molar-refractivity contribution is -0.361. The molecule has 7 atom stereocenters. The van der Waals surface area contributed by atoms with Gasteiger partial charge in [0.05, 0.1) is 31.2 Å². The molecule has 0 saturated carbocycles. The predicted molar refractivity (Wildman–Crippen MR) is 129 cm³/mol. The topological polar surface area (TPSA) is 95.5 Å². The van der Waals surface area contributed by atoms with Gasteiger partial charge in [0.1, 0.15) is 24.4 Å². The fraction of sp³-hybridized carbons (Fsp3) is 0.333. The largest absolute Gasteiger partial charge is 0.750 e. The van der Waals surface area contributed by atoms with Crippen molar-refractivity contribution in [2.24, 2.45) is 0 Å². The van der Waals surface area contributed by atoms with Crippen molar-refractivity contribution in [2.45, 2.75) is 50.2 Å². The minimum atomic E-state index is -2.83. The quantitative estimate of drug-likeness (QED) is 0.401. The van der Waals surface area contributed by atoms with E-state index >= 15 is 0 Å². The smallest absolute Gasteiger partial charge is 0.201 e. The molecule has 3 aromatic carbocycles. The number of fused-ring (bicyclic) bond motifs is 1. The summed E-state index contributed by atoms with van der Waals surface area (Å²) in [6, 6.07) is 28.8. The van der Waals surface area contributed by atoms with E-state index in [1.165, 1.54) is 0 Å². The van der Waals surface area contributed by atoms with E-state index < -0.39 is 48.4 Å². The monoisotopic (exact) mass is 511 g/mol. The van der Waals surface area contributed by atoms with Gasteiger partial charge in [0.25, 0.3) is 0 Å². The first-order valence-electron chi connectivity index (χ1n) is 11.7. The van der Waals surface area contributed by atoms with Crippen molar-refractivity contribution in [2.75, 3.05) is 6.61 Å². The van der Waals surface area contributed by atoms with Crippen LogP contribution in [0.15, 0.2) is 91.0 Å². The molecule has 2 fully saturated rings. The SMILES string of the molecule is O=S([O-])O[C@@H]1O[C@@H]2COC(c3ccccc3)O[C@H]2[C@H](OCc2ccccc2)[C@H]1OCc1ccccc1. The normalized spacial score (nSPS) is 28.8. The van der Waals surface area contributed by atoms with Crippen LogP contribution in [-0.4, -0.2) is 46.1 Å². The minimum Gasteiger partial charge on any atom is -0.750 e. The third kappa shape index (κ3) is 6.26. The van der Waals surface area contributed by atoms with Crippen molar-refractivity contribution in [1.29, 1.82) is 0 Å². The van der Waals surface area contributed by atoms with Gasteiger partial charge in [-0.1, -0.05) is 91.0 Å². The highest BCUT2D eigenvalue weighted by Crippen LogP contribution is 2.37. The first-order chi connectivity index (χ1) is 17.7. The Kier molecular flexibility index (Phi) is 8.52. The van der Waals surface area contributed by atoms with Crippen LogP contribution in [0.25, 0.3) is 0 Å². The highest BCUT2D eigenvalue weighted by molar-refractivity contribution is 7.74. The second-order valence-corrected chi connectivity index (χ2v) is 9.14. The van der Waals surface area contributed by atoms with Gasteiger partial charge in [0, 0.05) is 5.56 Å². The zero-order valence-electron chi connectivity index (χ0n) is 19.4. The summed E-state index contributed by atoms with van der Waals surface area (Å²) in [5, 5.41) is 0. The summed E-state index contributed by atoms with van der Waals surface area (Å²) < 4.78 is 59.0. The van der Waals surface area contributed by atoms with Crippen molar-refractivity contribution in [3.63, 3.8) is 0 Å². The molecule has 36 heavy (non-hydrogen) atoms. The summed E-state index contributed by atoms with van der Waals surface area (Å²) in [5.41, 5.74) is 2.73. The fourth-order valence-electron chi connectivity index (χ4n) is 4.38. The molecule has 9 heteroatoms. The van der Waals surface area contributed by atoms with Crippen LogP contribution in [0.4, 0.5) is 0 Å². The standard InChI is InChI=1S/C27H28O8S/c28-36(29)35-27-25(31-17-20-12-6-2-7-13-20)24(30-16-19-10-4-1-5-11-19)23-22(33-27)18-32-26(34-23)21-14-8-3-9-15-21/h1-15,22-27H,16-18H2,(H,28,29)/p-1/t22-,23-,24+,25-,26?,27+/m1/s1. The molecule has 2 saturated heterocycles. The van der Waals surface area contributed by atoms with Gasteiger partial charge in [-0.05, 0) is 11.1 Å². The molecule has 0 amide bonds. The van der Waals surface area contributed by atoms with Crippen molar-refractivity contribution in [3.8, 4) is 0 Å². The van der Waals surface area contributed by atoms with Gasteiger partial charge in [-0.15, -0.1) is 0 Å². The zero-order valence-corrected chi connectivity index (χ0v) is 20.2. The Morgan fingerprint density at radius 1 is 0.778 bits per heavy atom. The Labute approximate surface area is 212 Å². The van der Waals surface area contributed by atoms with Gasteiger partial charge >= 0.3 is 0 Å². The zero-order chi connectivity index (χ0) is 24.7. The van der Waals surface area contributed by atoms with Crippen molar-refractivity contribution in [1.82, 2.24) is 0 Å². The van der Waals surface area contributed by atoms with Gasteiger partial charge < -0.3 is 28.2 Å². The molecule has 2 heterocycles. The average molecular weight is 512 g/mol. The number of hydrogen-bond acceptors (Lipinski definition) is 8. The van der Waals surface area contributed by atoms with Crippen LogP contribution in [0.3, 0.4) is 0 Å². The first-order valence-corrected chi connectivity index (χ1v) is 12.7. The van der Waals surface area contributed by atoms with Crippen molar-refractivity contribution >= 4 is 11.4 Å². The van der Waals surface area contributed by atoms with E-state index in [2.05, 4.69) is 0 Å². The molecule has 2 aliphatic heterocycles. The van der Waals surface area contributed by atoms with Gasteiger partial charge in [0.2, 0.25) is 6.29 Å². The molecular weight excluding hydrogens is 484 g/mol. The number of benzene rings is 3. The second-order valence-electron chi connectivity index (χ2n) is 8.54. The Morgan fingerprint density at radius 3 is 1.92 bits per heavy atom. The highest BCUT2D eigenvalue weighted by Gasteiger charge is 2.52. The van der Waals surface area contributed by atoms with E-state index in [-0.39, 0.29) is 19.8 Å². The van der Waals surface area contributed by atoms with E-state index in [0.717, 1.165) is 16.7 Å². The Balaban J connectivity index is 1.42. The first kappa shape index (κ1) is 25.2. The molecule has 5 rings (SSSR count). The van der Waals surface area contributed by atoms with E-state index in [1.54, 1.807) is 0 Å². The summed E-state index contributed by atoms with van der Waals surface area (Å²) in [7, 11) is 0. The summed E-state index contributed by atoms with van der Waals surface area (Å²) in [5.74, 6) is 0. The number of rotatable bonds is 9. The molecule has 0 N–H and O–H groups in total. The lowest BCUT2D eigenvalue weighted by Gasteiger charge is -2.48. The van der Waals surface area contributed by atoms with Crippen LogP contribution in [0.2, 0.25) is 0 Å². The van der Waals surface area contributed by atoms with Crippen LogP contribution in [-0.2, 0) is 52.4 Å². The molecular formula is C27H27O8S-. The van der Waals surface area contributed by atoms with Crippen molar-refractivity contribution < 1.29 is 36.6 Å². The van der Waals surface area contributed by atoms with Gasteiger partial charge in [-0.3, -0.25) is 4.18 Å². The number of ether oxygens (including phenoxy) is 5. The number of hydrogen-bond donors (Lipinski definition) is 0. The molecule has 2 aliphatic rings. The van der Waals surface area contributed by atoms with Crippen LogP contribution in [0, 0.1) is 0 Å². The fourth-order valence-corrected chi connectivity index (χ4v) is 4.69. The van der Waals surface area contributed by atoms with Crippen LogP contribution in [0.1, 0.15) is 23.0 Å². The van der Waals surface area contributed by atoms with Crippen molar-refractivity contribution in [3.05, 3.63) is 108 Å². The van der Waals surface area contributed by atoms with Crippen LogP contribution in [0.5, 0.6) is 0 Å². The third-order valence-corrected chi connectivity index (χ3v) is 6.45. The third-order valence-electron chi connectivity index (χ3n) is 6.10. The highest BCUT2D eigenvalue weighted by atomic mass is 32.2. The van der Waals surface area contributed by atoms with E-state index in [9.17, 15) is 8.76 Å². The molecule has 0 radical (unpaired) electrons. The second kappa shape index (κ2) is 12.2. The molecule has 0 spiro atoms. The van der Waals surface area contributed by atoms with E-state index in [0.29, 0.717) is 0 Å². The van der Waals surface area contributed by atoms with Crippen LogP contribution < -0.4 is 0 Å². The maximum Gasteiger partial charge on any atom is 0.201 e. The molecule has 8 nitrogen and oxygen atoms in total.